The maximum Gasteiger partial charge on any atom is 0.292 e. The van der Waals surface area contributed by atoms with Gasteiger partial charge in [0, 0.05) is 6.54 Å². The minimum atomic E-state index is -0.717. The van der Waals surface area contributed by atoms with Gasteiger partial charge in [-0.2, -0.15) is 4.99 Å². The molecule has 1 aliphatic rings. The third-order valence-electron chi connectivity index (χ3n) is 4.47. The molecule has 0 N–H and O–H groups in total. The quantitative estimate of drug-likeness (QED) is 0.710. The molecule has 0 fully saturated rings. The van der Waals surface area contributed by atoms with Crippen molar-refractivity contribution in [3.05, 3.63) is 52.8 Å². The molecule has 0 saturated heterocycles. The number of nitrogens with zero attached hydrogens (tertiary/aromatic N) is 2. The molecule has 0 radical (unpaired) electrons. The van der Waals surface area contributed by atoms with Gasteiger partial charge in [0.05, 0.1) is 10.2 Å². The first-order chi connectivity index (χ1) is 12.7. The maximum atomic E-state index is 12.7. The Morgan fingerprint density at radius 2 is 2.00 bits per heavy atom. The monoisotopic (exact) mass is 368 g/mol. The minimum Gasteiger partial charge on any atom is -0.485 e. The summed E-state index contributed by atoms with van der Waals surface area (Å²) < 4.78 is 14.7. The molecule has 2 aromatic carbocycles. The Morgan fingerprint density at radius 3 is 2.77 bits per heavy atom. The SMILES string of the molecule is CCc1cccc2sc(=NC(=O)C3COc4ccccc4O3)n(CC)c12. The van der Waals surface area contributed by atoms with Gasteiger partial charge in [0.25, 0.3) is 5.91 Å². The minimum absolute atomic E-state index is 0.177. The van der Waals surface area contributed by atoms with Gasteiger partial charge in [0.1, 0.15) is 6.61 Å². The van der Waals surface area contributed by atoms with Gasteiger partial charge in [0.2, 0.25) is 6.10 Å². The first kappa shape index (κ1) is 16.8. The number of hydrogen-bond acceptors (Lipinski definition) is 4. The Balaban J connectivity index is 1.71. The molecule has 26 heavy (non-hydrogen) atoms. The number of carbonyl (C=O) groups is 1. The van der Waals surface area contributed by atoms with Gasteiger partial charge in [-0.1, -0.05) is 42.5 Å². The van der Waals surface area contributed by atoms with Gasteiger partial charge in [-0.25, -0.2) is 0 Å². The highest BCUT2D eigenvalue weighted by Crippen LogP contribution is 2.31. The summed E-state index contributed by atoms with van der Waals surface area (Å²) in [6.07, 6.45) is 0.226. The zero-order valence-electron chi connectivity index (χ0n) is 14.8. The van der Waals surface area contributed by atoms with E-state index in [2.05, 4.69) is 41.6 Å². The molecule has 1 amide bonds. The molecule has 1 aliphatic heterocycles. The van der Waals surface area contributed by atoms with Gasteiger partial charge in [-0.15, -0.1) is 0 Å². The number of para-hydroxylation sites is 3. The highest BCUT2D eigenvalue weighted by Gasteiger charge is 2.27. The molecule has 0 aliphatic carbocycles. The van der Waals surface area contributed by atoms with Crippen LogP contribution < -0.4 is 14.3 Å². The number of carbonyl (C=O) groups excluding carboxylic acids is 1. The Bertz CT molecular complexity index is 1030. The normalized spacial score (nSPS) is 16.8. The smallest absolute Gasteiger partial charge is 0.292 e. The van der Waals surface area contributed by atoms with E-state index in [0.717, 1.165) is 17.7 Å². The van der Waals surface area contributed by atoms with Crippen LogP contribution in [0.15, 0.2) is 47.5 Å². The van der Waals surface area contributed by atoms with E-state index < -0.39 is 6.10 Å². The van der Waals surface area contributed by atoms with Crippen LogP contribution in [0, 0.1) is 0 Å². The zero-order valence-corrected chi connectivity index (χ0v) is 15.6. The number of ether oxygens (including phenoxy) is 2. The molecule has 5 nitrogen and oxygen atoms in total. The number of hydrogen-bond donors (Lipinski definition) is 0. The van der Waals surface area contributed by atoms with Gasteiger partial charge in [0.15, 0.2) is 16.3 Å². The van der Waals surface area contributed by atoms with Crippen molar-refractivity contribution in [1.29, 1.82) is 0 Å². The predicted molar refractivity (Wildman–Crippen MR) is 102 cm³/mol. The molecule has 0 bridgehead atoms. The molecule has 1 unspecified atom stereocenters. The van der Waals surface area contributed by atoms with E-state index >= 15 is 0 Å². The fraction of sp³-hybridized carbons (Fsp3) is 0.300. The Morgan fingerprint density at radius 1 is 1.19 bits per heavy atom. The largest absolute Gasteiger partial charge is 0.485 e. The van der Waals surface area contributed by atoms with E-state index in [-0.39, 0.29) is 12.5 Å². The Hall–Kier alpha value is -2.60. The third kappa shape index (κ3) is 2.90. The van der Waals surface area contributed by atoms with E-state index in [0.29, 0.717) is 16.3 Å². The van der Waals surface area contributed by atoms with Gasteiger partial charge < -0.3 is 14.0 Å². The summed E-state index contributed by atoms with van der Waals surface area (Å²) in [4.78, 5) is 17.8. The lowest BCUT2D eigenvalue weighted by molar-refractivity contribution is -0.127. The Labute approximate surface area is 155 Å². The topological polar surface area (TPSA) is 52.8 Å². The summed E-state index contributed by atoms with van der Waals surface area (Å²) >= 11 is 1.54. The molecular weight excluding hydrogens is 348 g/mol. The van der Waals surface area contributed by atoms with Crippen LogP contribution in [0.2, 0.25) is 0 Å². The lowest BCUT2D eigenvalue weighted by atomic mass is 10.1. The Kier molecular flexibility index (Phi) is 4.51. The molecule has 1 atom stereocenters. The highest BCUT2D eigenvalue weighted by molar-refractivity contribution is 7.16. The summed E-state index contributed by atoms with van der Waals surface area (Å²) in [6, 6.07) is 13.6. The van der Waals surface area contributed by atoms with Gasteiger partial charge in [-0.3, -0.25) is 4.79 Å². The zero-order chi connectivity index (χ0) is 18.1. The van der Waals surface area contributed by atoms with Gasteiger partial charge >= 0.3 is 0 Å². The van der Waals surface area contributed by atoms with Crippen LogP contribution in [0.4, 0.5) is 0 Å². The lowest BCUT2D eigenvalue weighted by Crippen LogP contribution is -2.36. The number of aromatic nitrogens is 1. The molecule has 0 spiro atoms. The van der Waals surface area contributed by atoms with Crippen LogP contribution in [0.25, 0.3) is 10.2 Å². The van der Waals surface area contributed by atoms with Crippen molar-refractivity contribution >= 4 is 27.5 Å². The molecule has 4 rings (SSSR count). The first-order valence-electron chi connectivity index (χ1n) is 8.79. The summed E-state index contributed by atoms with van der Waals surface area (Å²) in [6.45, 7) is 5.14. The first-order valence-corrected chi connectivity index (χ1v) is 9.61. The number of fused-ring (bicyclic) bond motifs is 2. The summed E-state index contributed by atoms with van der Waals surface area (Å²) in [5, 5.41) is 0. The number of thiazole rings is 1. The van der Waals surface area contributed by atoms with E-state index in [1.807, 2.05) is 18.2 Å². The fourth-order valence-electron chi connectivity index (χ4n) is 3.17. The van der Waals surface area contributed by atoms with E-state index in [4.69, 9.17) is 9.47 Å². The van der Waals surface area contributed by atoms with Crippen LogP contribution in [0.3, 0.4) is 0 Å². The summed E-state index contributed by atoms with van der Waals surface area (Å²) in [5.74, 6) is 0.932. The average Bonchev–Trinajstić information content (AvgIpc) is 3.04. The second kappa shape index (κ2) is 6.96. The molecule has 1 aromatic heterocycles. The molecule has 134 valence electrons. The number of aryl methyl sites for hydroxylation is 2. The van der Waals surface area contributed by atoms with Crippen molar-refractivity contribution in [3.63, 3.8) is 0 Å². The highest BCUT2D eigenvalue weighted by atomic mass is 32.1. The lowest BCUT2D eigenvalue weighted by Gasteiger charge is -2.23. The van der Waals surface area contributed by atoms with Crippen molar-refractivity contribution in [1.82, 2.24) is 4.57 Å². The maximum absolute atomic E-state index is 12.7. The predicted octanol–water partition coefficient (Wildman–Crippen LogP) is 3.55. The van der Waals surface area contributed by atoms with Crippen molar-refractivity contribution < 1.29 is 14.3 Å². The van der Waals surface area contributed by atoms with Crippen molar-refractivity contribution in [3.8, 4) is 11.5 Å². The number of benzene rings is 2. The van der Waals surface area contributed by atoms with E-state index in [9.17, 15) is 4.79 Å². The third-order valence-corrected chi connectivity index (χ3v) is 5.52. The number of rotatable bonds is 3. The van der Waals surface area contributed by atoms with Crippen molar-refractivity contribution in [2.24, 2.45) is 4.99 Å². The van der Waals surface area contributed by atoms with Crippen molar-refractivity contribution in [2.75, 3.05) is 6.61 Å². The van der Waals surface area contributed by atoms with Crippen LogP contribution in [-0.4, -0.2) is 23.2 Å². The van der Waals surface area contributed by atoms with Gasteiger partial charge in [-0.05, 0) is 37.1 Å². The summed E-state index contributed by atoms with van der Waals surface area (Å²) in [5.41, 5.74) is 2.43. The molecule has 3 aromatic rings. The molecule has 6 heteroatoms. The van der Waals surface area contributed by atoms with Crippen LogP contribution >= 0.6 is 11.3 Å². The standard InChI is InChI=1S/C20H20N2O3S/c1-3-13-8-7-11-17-18(13)22(4-2)20(26-17)21-19(23)16-12-24-14-9-5-6-10-15(14)25-16/h5-11,16H,3-4,12H2,1-2H3. The van der Waals surface area contributed by atoms with Crippen LogP contribution in [-0.2, 0) is 17.8 Å². The van der Waals surface area contributed by atoms with Crippen LogP contribution in [0.1, 0.15) is 19.4 Å². The number of amides is 1. The molecule has 0 saturated carbocycles. The van der Waals surface area contributed by atoms with E-state index in [1.165, 1.54) is 22.4 Å². The fourth-order valence-corrected chi connectivity index (χ4v) is 4.32. The second-order valence-electron chi connectivity index (χ2n) is 6.06. The van der Waals surface area contributed by atoms with E-state index in [1.54, 1.807) is 6.07 Å². The van der Waals surface area contributed by atoms with Crippen LogP contribution in [0.5, 0.6) is 11.5 Å². The average molecular weight is 368 g/mol. The molecule has 2 heterocycles. The van der Waals surface area contributed by atoms with Crippen molar-refractivity contribution in [2.45, 2.75) is 32.9 Å². The summed E-state index contributed by atoms with van der Waals surface area (Å²) in [7, 11) is 0. The molecular formula is C20H20N2O3S. The second-order valence-corrected chi connectivity index (χ2v) is 7.07.